The molecule has 3 aliphatic rings. The Morgan fingerprint density at radius 2 is 2.20 bits per heavy atom. The minimum Gasteiger partial charge on any atom is -0.388 e. The van der Waals surface area contributed by atoms with Crippen LogP contribution in [0.5, 0.6) is 0 Å². The zero-order valence-corrected chi connectivity index (χ0v) is 25.6. The molecule has 2 heterocycles. The van der Waals surface area contributed by atoms with Crippen LogP contribution in [0.1, 0.15) is 45.6 Å². The number of allylic oxidation sites excluding steroid dienone is 5. The number of likely N-dealkylation sites (N-methyl/N-ethyl adjacent to an activating group) is 1. The number of benzene rings is 1. The van der Waals surface area contributed by atoms with E-state index < -0.39 is 0 Å². The van der Waals surface area contributed by atoms with Crippen LogP contribution in [-0.2, 0) is 11.2 Å². The third kappa shape index (κ3) is 7.64. The average molecular weight is 580 g/mol. The van der Waals surface area contributed by atoms with E-state index in [1.165, 1.54) is 11.6 Å². The molecule has 1 aromatic rings. The topological polar surface area (TPSA) is 52.5 Å². The summed E-state index contributed by atoms with van der Waals surface area (Å²) in [5, 5.41) is 3.68. The van der Waals surface area contributed by atoms with Crippen LogP contribution in [0.2, 0.25) is 5.02 Å². The third-order valence-electron chi connectivity index (χ3n) is 7.96. The standard InChI is InChI=1S/C33H43ClFN5O/c1-6-19-41-24(2)22-40-32(38-31-21-28(36-4)13-16-33(31,40)3)23-39-17-14-26(15-18-39)30(37-5)10-8-7-9-25-11-12-27(34)20-29(25)35/h7-8,10-14,20-21,24,36H,5-6,9,15-19,22-23H2,1-4H3/b8-7-,30-10-. The van der Waals surface area contributed by atoms with Gasteiger partial charge in [0.15, 0.2) is 0 Å². The van der Waals surface area contributed by atoms with Crippen LogP contribution in [0.25, 0.3) is 0 Å². The second-order valence-electron chi connectivity index (χ2n) is 11.0. The highest BCUT2D eigenvalue weighted by molar-refractivity contribution is 6.30. The van der Waals surface area contributed by atoms with Crippen LogP contribution in [0.15, 0.2) is 87.3 Å². The van der Waals surface area contributed by atoms with Gasteiger partial charge in [0.05, 0.1) is 29.6 Å². The highest BCUT2D eigenvalue weighted by Gasteiger charge is 2.44. The number of ether oxygens (including phenoxy) is 1. The first-order chi connectivity index (χ1) is 19.8. The lowest BCUT2D eigenvalue weighted by molar-refractivity contribution is 0.0386. The van der Waals surface area contributed by atoms with Gasteiger partial charge in [0.1, 0.15) is 11.7 Å². The van der Waals surface area contributed by atoms with E-state index in [1.54, 1.807) is 12.1 Å². The number of aliphatic imine (C=N–C) groups is 2. The molecule has 8 heteroatoms. The lowest BCUT2D eigenvalue weighted by Crippen LogP contribution is -2.52. The van der Waals surface area contributed by atoms with Gasteiger partial charge in [0, 0.05) is 44.0 Å². The Balaban J connectivity index is 1.42. The SMILES string of the molecule is C=N/C(=C\C=C/Cc1ccc(Cl)cc1F)C1=CCN(CC2=NC3=CC(NC)=CCC3(C)N2CC(C)OCCC)CC1. The highest BCUT2D eigenvalue weighted by Crippen LogP contribution is 2.39. The Kier molecular flexibility index (Phi) is 10.8. The molecule has 2 atom stereocenters. The number of halogens is 2. The summed E-state index contributed by atoms with van der Waals surface area (Å²) in [6.45, 7) is 14.4. The summed E-state index contributed by atoms with van der Waals surface area (Å²) in [5.41, 5.74) is 4.70. The van der Waals surface area contributed by atoms with Crippen molar-refractivity contribution in [3.8, 4) is 0 Å². The minimum absolute atomic E-state index is 0.120. The van der Waals surface area contributed by atoms with Gasteiger partial charge in [0.25, 0.3) is 0 Å². The normalized spacial score (nSPS) is 22.2. The predicted octanol–water partition coefficient (Wildman–Crippen LogP) is 6.47. The van der Waals surface area contributed by atoms with Crippen LogP contribution >= 0.6 is 11.6 Å². The molecule has 1 aromatic carbocycles. The van der Waals surface area contributed by atoms with Crippen molar-refractivity contribution in [1.82, 2.24) is 15.1 Å². The van der Waals surface area contributed by atoms with Crippen LogP contribution in [-0.4, -0.2) is 73.8 Å². The summed E-state index contributed by atoms with van der Waals surface area (Å²) in [6.07, 6.45) is 15.9. The molecule has 1 aliphatic carbocycles. The minimum atomic E-state index is -0.292. The number of amidine groups is 1. The highest BCUT2D eigenvalue weighted by atomic mass is 35.5. The molecular formula is C33H43ClFN5O. The fourth-order valence-electron chi connectivity index (χ4n) is 5.48. The van der Waals surface area contributed by atoms with Crippen molar-refractivity contribution in [2.45, 2.75) is 58.1 Å². The van der Waals surface area contributed by atoms with Crippen molar-refractivity contribution >= 4 is 24.2 Å². The second kappa shape index (κ2) is 14.3. The largest absolute Gasteiger partial charge is 0.388 e. The average Bonchev–Trinajstić information content (AvgIpc) is 3.23. The van der Waals surface area contributed by atoms with Crippen molar-refractivity contribution in [3.05, 3.63) is 93.7 Å². The maximum atomic E-state index is 14.1. The van der Waals surface area contributed by atoms with Crippen molar-refractivity contribution < 1.29 is 9.13 Å². The van der Waals surface area contributed by atoms with E-state index in [0.29, 0.717) is 17.0 Å². The molecule has 220 valence electrons. The smallest absolute Gasteiger partial charge is 0.128 e. The van der Waals surface area contributed by atoms with Gasteiger partial charge in [-0.05, 0) is 81.7 Å². The van der Waals surface area contributed by atoms with E-state index in [4.69, 9.17) is 21.3 Å². The Bertz CT molecular complexity index is 1300. The van der Waals surface area contributed by atoms with Crippen molar-refractivity contribution in [2.24, 2.45) is 9.98 Å². The number of hydrogen-bond acceptors (Lipinski definition) is 6. The number of nitrogens with one attached hydrogen (secondary N) is 1. The van der Waals surface area contributed by atoms with E-state index in [0.717, 1.165) is 75.0 Å². The quantitative estimate of drug-likeness (QED) is 0.215. The molecule has 0 aromatic heterocycles. The van der Waals surface area contributed by atoms with Crippen LogP contribution in [0, 0.1) is 5.82 Å². The second-order valence-corrected chi connectivity index (χ2v) is 11.5. The maximum absolute atomic E-state index is 14.1. The van der Waals surface area contributed by atoms with Crippen molar-refractivity contribution in [1.29, 1.82) is 0 Å². The van der Waals surface area contributed by atoms with Gasteiger partial charge in [-0.2, -0.15) is 0 Å². The molecular weight excluding hydrogens is 537 g/mol. The summed E-state index contributed by atoms with van der Waals surface area (Å²) in [7, 11) is 1.96. The van der Waals surface area contributed by atoms with E-state index in [1.807, 2.05) is 25.3 Å². The molecule has 0 radical (unpaired) electrons. The Labute approximate surface area is 249 Å². The molecule has 2 aliphatic heterocycles. The lowest BCUT2D eigenvalue weighted by Gasteiger charge is -2.41. The first-order valence-corrected chi connectivity index (χ1v) is 14.9. The van der Waals surface area contributed by atoms with E-state index in [2.05, 4.69) is 65.8 Å². The monoisotopic (exact) mass is 579 g/mol. The van der Waals surface area contributed by atoms with Gasteiger partial charge in [-0.15, -0.1) is 0 Å². The van der Waals surface area contributed by atoms with Gasteiger partial charge in [-0.25, -0.2) is 9.38 Å². The third-order valence-corrected chi connectivity index (χ3v) is 8.19. The van der Waals surface area contributed by atoms with Gasteiger partial charge >= 0.3 is 0 Å². The van der Waals surface area contributed by atoms with Crippen molar-refractivity contribution in [2.75, 3.05) is 39.8 Å². The molecule has 6 nitrogen and oxygen atoms in total. The summed E-state index contributed by atoms with van der Waals surface area (Å²) in [6, 6.07) is 4.76. The number of fused-ring (bicyclic) bond motifs is 1. The summed E-state index contributed by atoms with van der Waals surface area (Å²) < 4.78 is 20.1. The fourth-order valence-corrected chi connectivity index (χ4v) is 5.64. The van der Waals surface area contributed by atoms with E-state index in [9.17, 15) is 4.39 Å². The van der Waals surface area contributed by atoms with E-state index >= 15 is 0 Å². The molecule has 0 amide bonds. The summed E-state index contributed by atoms with van der Waals surface area (Å²) in [4.78, 5) is 14.3. The predicted molar refractivity (Wildman–Crippen MR) is 169 cm³/mol. The van der Waals surface area contributed by atoms with Gasteiger partial charge in [0.2, 0.25) is 0 Å². The molecule has 1 N–H and O–H groups in total. The number of rotatable bonds is 13. The Hall–Kier alpha value is -3.00. The van der Waals surface area contributed by atoms with Gasteiger partial charge < -0.3 is 15.0 Å². The molecule has 4 rings (SSSR count). The molecule has 0 saturated carbocycles. The summed E-state index contributed by atoms with van der Waals surface area (Å²) in [5.74, 6) is 0.809. The van der Waals surface area contributed by atoms with E-state index in [-0.39, 0.29) is 17.5 Å². The molecule has 0 saturated heterocycles. The first-order valence-electron chi connectivity index (χ1n) is 14.5. The number of hydrogen-bond donors (Lipinski definition) is 1. The van der Waals surface area contributed by atoms with Crippen LogP contribution < -0.4 is 5.32 Å². The molecule has 41 heavy (non-hydrogen) atoms. The van der Waals surface area contributed by atoms with Crippen LogP contribution in [0.3, 0.4) is 0 Å². The van der Waals surface area contributed by atoms with Gasteiger partial charge in [-0.1, -0.05) is 48.9 Å². The number of nitrogens with zero attached hydrogens (tertiary/aromatic N) is 4. The van der Waals surface area contributed by atoms with Crippen molar-refractivity contribution in [3.63, 3.8) is 0 Å². The molecule has 0 spiro atoms. The first kappa shape index (κ1) is 30.9. The fraction of sp³-hybridized carbons (Fsp3) is 0.455. The summed E-state index contributed by atoms with van der Waals surface area (Å²) >= 11 is 5.85. The molecule has 0 fully saturated rings. The molecule has 0 bridgehead atoms. The van der Waals surface area contributed by atoms with Crippen LogP contribution in [0.4, 0.5) is 4.39 Å². The Morgan fingerprint density at radius 3 is 2.88 bits per heavy atom. The van der Waals surface area contributed by atoms with Gasteiger partial charge in [-0.3, -0.25) is 9.89 Å². The zero-order valence-electron chi connectivity index (χ0n) is 24.8. The Morgan fingerprint density at radius 1 is 1.37 bits per heavy atom. The molecule has 2 unspecified atom stereocenters. The lowest BCUT2D eigenvalue weighted by atomic mass is 9.87. The maximum Gasteiger partial charge on any atom is 0.128 e. The zero-order chi connectivity index (χ0) is 29.4.